The Bertz CT molecular complexity index is 272. The summed E-state index contributed by atoms with van der Waals surface area (Å²) < 4.78 is 5.15. The molecule has 1 N–H and O–H groups in total. The molecule has 0 bridgehead atoms. The largest absolute Gasteiger partial charge is 0.466 e. The Hall–Kier alpha value is -0.610. The Kier molecular flexibility index (Phi) is 5.60. The molecule has 0 spiro atoms. The lowest BCUT2D eigenvalue weighted by Crippen LogP contribution is -2.55. The number of hydrogen-bond donors (Lipinski definition) is 1. The highest BCUT2D eigenvalue weighted by atomic mass is 16.5. The van der Waals surface area contributed by atoms with Crippen molar-refractivity contribution in [2.24, 2.45) is 11.8 Å². The summed E-state index contributed by atoms with van der Waals surface area (Å²) >= 11 is 0. The van der Waals surface area contributed by atoms with Crippen molar-refractivity contribution in [3.05, 3.63) is 0 Å². The van der Waals surface area contributed by atoms with Crippen molar-refractivity contribution in [3.8, 4) is 0 Å². The topological polar surface area (TPSA) is 49.8 Å². The minimum Gasteiger partial charge on any atom is -0.466 e. The molecule has 18 heavy (non-hydrogen) atoms. The first kappa shape index (κ1) is 15.4. The predicted octanol–water partition coefficient (Wildman–Crippen LogP) is 2.02. The van der Waals surface area contributed by atoms with Crippen molar-refractivity contribution in [1.29, 1.82) is 0 Å². The van der Waals surface area contributed by atoms with Gasteiger partial charge in [-0.15, -0.1) is 0 Å². The van der Waals surface area contributed by atoms with Crippen LogP contribution in [0.2, 0.25) is 0 Å². The number of likely N-dealkylation sites (tertiary alicyclic amines) is 1. The van der Waals surface area contributed by atoms with Gasteiger partial charge in [0.2, 0.25) is 0 Å². The normalized spacial score (nSPS) is 23.4. The first-order valence-corrected chi connectivity index (χ1v) is 7.09. The summed E-state index contributed by atoms with van der Waals surface area (Å²) in [6.45, 7) is 9.69. The van der Waals surface area contributed by atoms with Gasteiger partial charge < -0.3 is 9.84 Å². The van der Waals surface area contributed by atoms with E-state index in [4.69, 9.17) is 4.74 Å². The molecule has 4 nitrogen and oxygen atoms in total. The van der Waals surface area contributed by atoms with Crippen molar-refractivity contribution in [2.45, 2.75) is 52.7 Å². The van der Waals surface area contributed by atoms with Crippen molar-refractivity contribution in [2.75, 3.05) is 19.7 Å². The van der Waals surface area contributed by atoms with Crippen LogP contribution in [0.5, 0.6) is 0 Å². The van der Waals surface area contributed by atoms with E-state index in [-0.39, 0.29) is 11.9 Å². The summed E-state index contributed by atoms with van der Waals surface area (Å²) in [5, 5.41) is 10.8. The van der Waals surface area contributed by atoms with E-state index in [1.54, 1.807) is 13.8 Å². The number of carbonyl (C=O) groups excluding carboxylic acids is 1. The standard InChI is InChI=1S/C14H27NO3/c1-5-11(3)12(13(16)18-6-2)14(4,17)15-9-7-8-10-15/h11-12,17H,5-10H2,1-4H3. The Labute approximate surface area is 110 Å². The SMILES string of the molecule is CCOC(=O)C(C(C)CC)C(C)(O)N1CCCC1. The number of ether oxygens (including phenoxy) is 1. The van der Waals surface area contributed by atoms with Gasteiger partial charge in [-0.2, -0.15) is 0 Å². The van der Waals surface area contributed by atoms with Gasteiger partial charge >= 0.3 is 5.97 Å². The van der Waals surface area contributed by atoms with E-state index >= 15 is 0 Å². The Morgan fingerprint density at radius 1 is 1.39 bits per heavy atom. The molecular weight excluding hydrogens is 230 g/mol. The van der Waals surface area contributed by atoms with Crippen molar-refractivity contribution in [1.82, 2.24) is 4.90 Å². The fourth-order valence-electron chi connectivity index (χ4n) is 2.83. The van der Waals surface area contributed by atoms with Crippen molar-refractivity contribution < 1.29 is 14.6 Å². The Morgan fingerprint density at radius 3 is 2.39 bits per heavy atom. The van der Waals surface area contributed by atoms with E-state index in [1.165, 1.54) is 0 Å². The second-order valence-electron chi connectivity index (χ2n) is 5.40. The molecule has 1 aliphatic rings. The van der Waals surface area contributed by atoms with E-state index < -0.39 is 11.6 Å². The quantitative estimate of drug-likeness (QED) is 0.740. The first-order valence-electron chi connectivity index (χ1n) is 7.09. The molecule has 0 aromatic rings. The third-order valence-corrected chi connectivity index (χ3v) is 4.09. The summed E-state index contributed by atoms with van der Waals surface area (Å²) in [7, 11) is 0. The molecule has 1 heterocycles. The van der Waals surface area contributed by atoms with Gasteiger partial charge in [0.25, 0.3) is 0 Å². The number of esters is 1. The number of aliphatic hydroxyl groups is 1. The molecule has 4 heteroatoms. The highest BCUT2D eigenvalue weighted by Gasteiger charge is 2.46. The van der Waals surface area contributed by atoms with Gasteiger partial charge in [0.05, 0.1) is 6.61 Å². The minimum atomic E-state index is -1.10. The number of carbonyl (C=O) groups is 1. The second kappa shape index (κ2) is 6.53. The molecule has 0 radical (unpaired) electrons. The summed E-state index contributed by atoms with van der Waals surface area (Å²) in [5.74, 6) is -0.635. The van der Waals surface area contributed by atoms with Gasteiger partial charge in [-0.3, -0.25) is 9.69 Å². The van der Waals surface area contributed by atoms with Crippen LogP contribution < -0.4 is 0 Å². The molecule has 0 saturated carbocycles. The third kappa shape index (κ3) is 3.23. The van der Waals surface area contributed by atoms with E-state index in [1.807, 2.05) is 18.7 Å². The molecule has 0 aromatic carbocycles. The van der Waals surface area contributed by atoms with E-state index in [0.717, 1.165) is 32.4 Å². The Balaban J connectivity index is 2.89. The highest BCUT2D eigenvalue weighted by Crippen LogP contribution is 2.33. The number of nitrogens with zero attached hydrogens (tertiary/aromatic N) is 1. The lowest BCUT2D eigenvalue weighted by atomic mass is 9.82. The number of rotatable bonds is 6. The lowest BCUT2D eigenvalue weighted by Gasteiger charge is -2.41. The highest BCUT2D eigenvalue weighted by molar-refractivity contribution is 5.74. The van der Waals surface area contributed by atoms with Crippen LogP contribution in [0.1, 0.15) is 47.0 Å². The molecule has 1 fully saturated rings. The summed E-state index contributed by atoms with van der Waals surface area (Å²) in [4.78, 5) is 14.2. The molecule has 3 atom stereocenters. The Morgan fingerprint density at radius 2 is 1.94 bits per heavy atom. The van der Waals surface area contributed by atoms with E-state index in [9.17, 15) is 9.90 Å². The van der Waals surface area contributed by atoms with E-state index in [0.29, 0.717) is 6.61 Å². The van der Waals surface area contributed by atoms with Crippen LogP contribution in [-0.4, -0.2) is 41.4 Å². The fourth-order valence-corrected chi connectivity index (χ4v) is 2.83. The van der Waals surface area contributed by atoms with Crippen LogP contribution in [0.25, 0.3) is 0 Å². The van der Waals surface area contributed by atoms with Crippen LogP contribution in [0.4, 0.5) is 0 Å². The molecule has 0 aromatic heterocycles. The minimum absolute atomic E-state index is 0.111. The van der Waals surface area contributed by atoms with Gasteiger partial charge in [0, 0.05) is 13.1 Å². The molecule has 1 aliphatic heterocycles. The summed E-state index contributed by atoms with van der Waals surface area (Å²) in [5.41, 5.74) is -1.10. The molecule has 106 valence electrons. The van der Waals surface area contributed by atoms with Crippen molar-refractivity contribution in [3.63, 3.8) is 0 Å². The van der Waals surface area contributed by atoms with Crippen molar-refractivity contribution >= 4 is 5.97 Å². The average molecular weight is 257 g/mol. The van der Waals surface area contributed by atoms with Gasteiger partial charge in [0.15, 0.2) is 0 Å². The molecular formula is C14H27NO3. The lowest BCUT2D eigenvalue weighted by molar-refractivity contribution is -0.182. The van der Waals surface area contributed by atoms with Gasteiger partial charge in [-0.1, -0.05) is 20.3 Å². The monoisotopic (exact) mass is 257 g/mol. The zero-order chi connectivity index (χ0) is 13.8. The summed E-state index contributed by atoms with van der Waals surface area (Å²) in [6.07, 6.45) is 3.03. The zero-order valence-electron chi connectivity index (χ0n) is 12.1. The molecule has 3 unspecified atom stereocenters. The molecule has 1 saturated heterocycles. The van der Waals surface area contributed by atoms with Gasteiger partial charge in [-0.25, -0.2) is 0 Å². The van der Waals surface area contributed by atoms with E-state index in [2.05, 4.69) is 0 Å². The van der Waals surface area contributed by atoms with Crippen LogP contribution >= 0.6 is 0 Å². The number of hydrogen-bond acceptors (Lipinski definition) is 4. The summed E-state index contributed by atoms with van der Waals surface area (Å²) in [6, 6.07) is 0. The van der Waals surface area contributed by atoms with Crippen LogP contribution in [0.3, 0.4) is 0 Å². The smallest absolute Gasteiger partial charge is 0.313 e. The van der Waals surface area contributed by atoms with Crippen LogP contribution in [-0.2, 0) is 9.53 Å². The maximum absolute atomic E-state index is 12.1. The third-order valence-electron chi connectivity index (χ3n) is 4.09. The van der Waals surface area contributed by atoms with Crippen LogP contribution in [0.15, 0.2) is 0 Å². The maximum atomic E-state index is 12.1. The predicted molar refractivity (Wildman–Crippen MR) is 71.0 cm³/mol. The maximum Gasteiger partial charge on any atom is 0.313 e. The zero-order valence-corrected chi connectivity index (χ0v) is 12.1. The van der Waals surface area contributed by atoms with Crippen LogP contribution in [0, 0.1) is 11.8 Å². The van der Waals surface area contributed by atoms with Gasteiger partial charge in [-0.05, 0) is 32.6 Å². The molecule has 0 amide bonds. The average Bonchev–Trinajstić information content (AvgIpc) is 2.83. The molecule has 1 rings (SSSR count). The second-order valence-corrected chi connectivity index (χ2v) is 5.40. The fraction of sp³-hybridized carbons (Fsp3) is 0.929. The van der Waals surface area contributed by atoms with Gasteiger partial charge in [0.1, 0.15) is 11.6 Å². The molecule has 0 aliphatic carbocycles. The first-order chi connectivity index (χ1) is 8.45.